The van der Waals surface area contributed by atoms with Crippen LogP contribution in [0.2, 0.25) is 0 Å². The summed E-state index contributed by atoms with van der Waals surface area (Å²) in [7, 11) is 1.66. The van der Waals surface area contributed by atoms with Gasteiger partial charge >= 0.3 is 6.18 Å². The van der Waals surface area contributed by atoms with Crippen molar-refractivity contribution in [1.82, 2.24) is 19.5 Å². The highest BCUT2D eigenvalue weighted by atomic mass is 32.1. The third-order valence-electron chi connectivity index (χ3n) is 4.27. The SMILES string of the molecule is Cn1c(-c2cccs2)nc2c(C(F)(F)F)nc(NCCc3ccccc3)nc21. The van der Waals surface area contributed by atoms with Crippen molar-refractivity contribution in [2.75, 3.05) is 11.9 Å². The quantitative estimate of drug-likeness (QED) is 0.522. The first-order valence-electron chi connectivity index (χ1n) is 8.57. The standard InChI is InChI=1S/C19H16F3N5S/c1-27-16(13-8-5-11-28-13)24-14-15(19(20,21)22)25-18(26-17(14)27)23-10-9-12-6-3-2-4-7-12/h2-8,11H,9-10H2,1H3,(H,23,25,26). The molecule has 0 bridgehead atoms. The van der Waals surface area contributed by atoms with Crippen molar-refractivity contribution >= 4 is 28.4 Å². The Balaban J connectivity index is 1.70. The number of benzene rings is 1. The first-order chi connectivity index (χ1) is 13.4. The van der Waals surface area contributed by atoms with Crippen LogP contribution in [0.15, 0.2) is 47.8 Å². The van der Waals surface area contributed by atoms with Crippen LogP contribution in [0, 0.1) is 0 Å². The van der Waals surface area contributed by atoms with Gasteiger partial charge in [-0.25, -0.2) is 9.97 Å². The van der Waals surface area contributed by atoms with Gasteiger partial charge in [0.05, 0.1) is 4.88 Å². The zero-order valence-electron chi connectivity index (χ0n) is 14.9. The van der Waals surface area contributed by atoms with Crippen molar-refractivity contribution in [3.8, 4) is 10.7 Å². The van der Waals surface area contributed by atoms with Gasteiger partial charge in [-0.1, -0.05) is 36.4 Å². The van der Waals surface area contributed by atoms with Gasteiger partial charge in [0.15, 0.2) is 17.2 Å². The third-order valence-corrected chi connectivity index (χ3v) is 5.13. The molecule has 4 rings (SSSR count). The number of rotatable bonds is 5. The molecule has 0 saturated heterocycles. The largest absolute Gasteiger partial charge is 0.435 e. The average Bonchev–Trinajstić information content (AvgIpc) is 3.30. The van der Waals surface area contributed by atoms with E-state index in [2.05, 4.69) is 20.3 Å². The molecule has 0 atom stereocenters. The molecule has 0 fully saturated rings. The van der Waals surface area contributed by atoms with E-state index in [-0.39, 0.29) is 17.1 Å². The van der Waals surface area contributed by atoms with Crippen LogP contribution in [0.5, 0.6) is 0 Å². The Bertz CT molecular complexity index is 1090. The summed E-state index contributed by atoms with van der Waals surface area (Å²) >= 11 is 1.41. The molecule has 4 aromatic rings. The zero-order chi connectivity index (χ0) is 19.7. The van der Waals surface area contributed by atoms with Crippen molar-refractivity contribution in [1.29, 1.82) is 0 Å². The van der Waals surface area contributed by atoms with Crippen LogP contribution in [-0.2, 0) is 19.6 Å². The van der Waals surface area contributed by atoms with Gasteiger partial charge in [-0.15, -0.1) is 11.3 Å². The summed E-state index contributed by atoms with van der Waals surface area (Å²) in [5.41, 5.74) is -0.0503. The number of alkyl halides is 3. The fraction of sp³-hybridized carbons (Fsp3) is 0.211. The Morgan fingerprint density at radius 1 is 1.04 bits per heavy atom. The van der Waals surface area contributed by atoms with E-state index >= 15 is 0 Å². The van der Waals surface area contributed by atoms with E-state index in [0.29, 0.717) is 18.8 Å². The smallest absolute Gasteiger partial charge is 0.354 e. The highest BCUT2D eigenvalue weighted by Gasteiger charge is 2.37. The van der Waals surface area contributed by atoms with Crippen LogP contribution in [0.4, 0.5) is 19.1 Å². The maximum absolute atomic E-state index is 13.6. The van der Waals surface area contributed by atoms with Gasteiger partial charge in [0.2, 0.25) is 5.95 Å². The number of aryl methyl sites for hydroxylation is 1. The molecule has 0 saturated carbocycles. The molecule has 3 heterocycles. The van der Waals surface area contributed by atoms with Crippen LogP contribution in [0.25, 0.3) is 21.9 Å². The second kappa shape index (κ2) is 7.23. The van der Waals surface area contributed by atoms with E-state index in [4.69, 9.17) is 0 Å². The molecule has 0 unspecified atom stereocenters. The molecule has 0 aliphatic heterocycles. The van der Waals surface area contributed by atoms with Crippen molar-refractivity contribution < 1.29 is 13.2 Å². The number of hydrogen-bond acceptors (Lipinski definition) is 5. The molecule has 5 nitrogen and oxygen atoms in total. The minimum absolute atomic E-state index is 0.0588. The van der Waals surface area contributed by atoms with Gasteiger partial charge in [0, 0.05) is 13.6 Å². The highest BCUT2D eigenvalue weighted by Crippen LogP contribution is 2.35. The Morgan fingerprint density at radius 2 is 1.82 bits per heavy atom. The predicted octanol–water partition coefficient (Wildman–Crippen LogP) is 4.77. The lowest BCUT2D eigenvalue weighted by atomic mass is 10.1. The van der Waals surface area contributed by atoms with Crippen molar-refractivity contribution in [2.45, 2.75) is 12.6 Å². The Hall–Kier alpha value is -2.94. The molecule has 1 aromatic carbocycles. The second-order valence-electron chi connectivity index (χ2n) is 6.20. The van der Waals surface area contributed by atoms with Crippen LogP contribution in [0.1, 0.15) is 11.3 Å². The fourth-order valence-electron chi connectivity index (χ4n) is 2.93. The molecule has 1 N–H and O–H groups in total. The van der Waals surface area contributed by atoms with Crippen molar-refractivity contribution in [2.24, 2.45) is 7.05 Å². The minimum Gasteiger partial charge on any atom is -0.354 e. The van der Waals surface area contributed by atoms with Crippen molar-refractivity contribution in [3.63, 3.8) is 0 Å². The fourth-order valence-corrected chi connectivity index (χ4v) is 3.68. The molecular formula is C19H16F3N5S. The topological polar surface area (TPSA) is 55.6 Å². The van der Waals surface area contributed by atoms with Gasteiger partial charge in [-0.05, 0) is 23.4 Å². The number of fused-ring (bicyclic) bond motifs is 1. The van der Waals surface area contributed by atoms with Crippen LogP contribution in [-0.4, -0.2) is 26.1 Å². The normalized spacial score (nSPS) is 11.9. The maximum atomic E-state index is 13.6. The molecule has 3 aromatic heterocycles. The molecule has 0 amide bonds. The van der Waals surface area contributed by atoms with Crippen LogP contribution >= 0.6 is 11.3 Å². The summed E-state index contributed by atoms with van der Waals surface area (Å²) in [5.74, 6) is 0.378. The van der Waals surface area contributed by atoms with E-state index in [0.717, 1.165) is 10.4 Å². The number of imidazole rings is 1. The minimum atomic E-state index is -4.63. The van der Waals surface area contributed by atoms with Gasteiger partial charge in [0.25, 0.3) is 0 Å². The Kier molecular flexibility index (Phi) is 4.76. The lowest BCUT2D eigenvalue weighted by molar-refractivity contribution is -0.139. The number of halogens is 3. The molecule has 0 aliphatic carbocycles. The second-order valence-corrected chi connectivity index (χ2v) is 7.15. The lowest BCUT2D eigenvalue weighted by Crippen LogP contribution is -2.14. The summed E-state index contributed by atoms with van der Waals surface area (Å²) < 4.78 is 42.4. The van der Waals surface area contributed by atoms with Crippen LogP contribution in [0.3, 0.4) is 0 Å². The average molecular weight is 403 g/mol. The molecular weight excluding hydrogens is 387 g/mol. The van der Waals surface area contributed by atoms with E-state index in [1.54, 1.807) is 11.6 Å². The molecule has 0 spiro atoms. The molecule has 144 valence electrons. The number of nitrogens with one attached hydrogen (secondary N) is 1. The number of thiophene rings is 1. The van der Waals surface area contributed by atoms with E-state index in [9.17, 15) is 13.2 Å². The molecule has 0 aliphatic rings. The van der Waals surface area contributed by atoms with Gasteiger partial charge in [-0.2, -0.15) is 18.2 Å². The van der Waals surface area contributed by atoms with Crippen molar-refractivity contribution in [3.05, 3.63) is 59.1 Å². The monoisotopic (exact) mass is 403 g/mol. The third kappa shape index (κ3) is 3.57. The summed E-state index contributed by atoms with van der Waals surface area (Å²) in [5, 5.41) is 4.76. The summed E-state index contributed by atoms with van der Waals surface area (Å²) in [6.45, 7) is 0.419. The molecule has 28 heavy (non-hydrogen) atoms. The number of aromatic nitrogens is 4. The lowest BCUT2D eigenvalue weighted by Gasteiger charge is -2.10. The zero-order valence-corrected chi connectivity index (χ0v) is 15.7. The van der Waals surface area contributed by atoms with Gasteiger partial charge in [0.1, 0.15) is 5.52 Å². The van der Waals surface area contributed by atoms with E-state index < -0.39 is 11.9 Å². The summed E-state index contributed by atoms with van der Waals surface area (Å²) in [6, 6.07) is 13.3. The summed E-state index contributed by atoms with van der Waals surface area (Å²) in [4.78, 5) is 13.0. The van der Waals surface area contributed by atoms with E-state index in [1.165, 1.54) is 11.3 Å². The van der Waals surface area contributed by atoms with Gasteiger partial charge < -0.3 is 9.88 Å². The number of hydrogen-bond donors (Lipinski definition) is 1. The Morgan fingerprint density at radius 3 is 2.50 bits per heavy atom. The molecule has 0 radical (unpaired) electrons. The van der Waals surface area contributed by atoms with Gasteiger partial charge in [-0.3, -0.25) is 0 Å². The number of nitrogens with zero attached hydrogens (tertiary/aromatic N) is 4. The predicted molar refractivity (Wildman–Crippen MR) is 103 cm³/mol. The number of anilines is 1. The van der Waals surface area contributed by atoms with E-state index in [1.807, 2.05) is 47.8 Å². The Labute approximate surface area is 162 Å². The highest BCUT2D eigenvalue weighted by molar-refractivity contribution is 7.13. The first kappa shape index (κ1) is 18.4. The first-order valence-corrected chi connectivity index (χ1v) is 9.45. The molecule has 9 heteroatoms. The summed E-state index contributed by atoms with van der Waals surface area (Å²) in [6.07, 6.45) is -3.98. The maximum Gasteiger partial charge on any atom is 0.435 e. The van der Waals surface area contributed by atoms with Crippen LogP contribution < -0.4 is 5.32 Å².